The average molecular weight is 240 g/mol. The van der Waals surface area contributed by atoms with E-state index in [2.05, 4.69) is 61.4 Å². The van der Waals surface area contributed by atoms with Crippen molar-refractivity contribution in [3.63, 3.8) is 0 Å². The predicted molar refractivity (Wildman–Crippen MR) is 76.7 cm³/mol. The molecule has 2 aromatic rings. The maximum absolute atomic E-state index is 3.57. The van der Waals surface area contributed by atoms with Crippen molar-refractivity contribution in [2.24, 2.45) is 5.41 Å². The maximum atomic E-state index is 3.57. The van der Waals surface area contributed by atoms with Crippen LogP contribution in [-0.4, -0.2) is 4.98 Å². The summed E-state index contributed by atoms with van der Waals surface area (Å²) >= 11 is 0. The van der Waals surface area contributed by atoms with Gasteiger partial charge in [0.1, 0.15) is 0 Å². The van der Waals surface area contributed by atoms with Gasteiger partial charge < -0.3 is 10.3 Å². The molecule has 1 aromatic carbocycles. The Hall–Kier alpha value is -1.70. The van der Waals surface area contributed by atoms with Crippen LogP contribution >= 0.6 is 0 Å². The van der Waals surface area contributed by atoms with Gasteiger partial charge in [0.05, 0.1) is 6.54 Å². The Kier molecular flexibility index (Phi) is 2.47. The molecule has 0 amide bonds. The molecular formula is C16H20N2. The Labute approximate surface area is 108 Å². The Morgan fingerprint density at radius 3 is 2.67 bits per heavy atom. The van der Waals surface area contributed by atoms with Gasteiger partial charge in [0.2, 0.25) is 0 Å². The third-order valence-corrected chi connectivity index (χ3v) is 3.35. The fraction of sp³-hybridized carbons (Fsp3) is 0.375. The summed E-state index contributed by atoms with van der Waals surface area (Å²) in [5.41, 5.74) is 6.89. The average Bonchev–Trinajstić information content (AvgIpc) is 2.69. The molecule has 1 aromatic heterocycles. The van der Waals surface area contributed by atoms with Crippen LogP contribution in [0.5, 0.6) is 0 Å². The van der Waals surface area contributed by atoms with Gasteiger partial charge in [0.15, 0.2) is 0 Å². The maximum Gasteiger partial charge on any atom is 0.0557 e. The minimum Gasteiger partial charge on any atom is -0.379 e. The van der Waals surface area contributed by atoms with Crippen molar-refractivity contribution in [1.29, 1.82) is 0 Å². The van der Waals surface area contributed by atoms with Crippen LogP contribution in [0.25, 0.3) is 11.1 Å². The smallest absolute Gasteiger partial charge is 0.0557 e. The molecule has 2 N–H and O–H groups in total. The van der Waals surface area contributed by atoms with E-state index in [4.69, 9.17) is 0 Å². The molecule has 94 valence electrons. The zero-order valence-corrected chi connectivity index (χ0v) is 11.3. The van der Waals surface area contributed by atoms with E-state index in [-0.39, 0.29) is 0 Å². The van der Waals surface area contributed by atoms with E-state index in [1.54, 1.807) is 0 Å². The molecule has 0 saturated carbocycles. The minimum atomic E-state index is 0.320. The van der Waals surface area contributed by atoms with Gasteiger partial charge in [0, 0.05) is 28.2 Å². The summed E-state index contributed by atoms with van der Waals surface area (Å²) in [6, 6.07) is 10.8. The normalized spacial score (nSPS) is 13.7. The fourth-order valence-corrected chi connectivity index (χ4v) is 2.66. The highest BCUT2D eigenvalue weighted by atomic mass is 14.9. The number of fused-ring (bicyclic) bond motifs is 3. The third-order valence-electron chi connectivity index (χ3n) is 3.35. The molecule has 0 saturated heterocycles. The van der Waals surface area contributed by atoms with Gasteiger partial charge in [-0.3, -0.25) is 0 Å². The van der Waals surface area contributed by atoms with Gasteiger partial charge in [-0.2, -0.15) is 0 Å². The fourth-order valence-electron chi connectivity index (χ4n) is 2.66. The minimum absolute atomic E-state index is 0.320. The van der Waals surface area contributed by atoms with Crippen molar-refractivity contribution in [3.8, 4) is 11.1 Å². The number of anilines is 1. The number of para-hydroxylation sites is 1. The van der Waals surface area contributed by atoms with E-state index >= 15 is 0 Å². The summed E-state index contributed by atoms with van der Waals surface area (Å²) in [5.74, 6) is 0. The lowest BCUT2D eigenvalue weighted by Gasteiger charge is -2.17. The van der Waals surface area contributed by atoms with E-state index in [0.29, 0.717) is 5.41 Å². The lowest BCUT2D eigenvalue weighted by atomic mass is 9.90. The van der Waals surface area contributed by atoms with E-state index in [1.165, 1.54) is 28.2 Å². The van der Waals surface area contributed by atoms with E-state index < -0.39 is 0 Å². The van der Waals surface area contributed by atoms with Crippen molar-refractivity contribution in [2.75, 3.05) is 5.32 Å². The number of aromatic amines is 1. The summed E-state index contributed by atoms with van der Waals surface area (Å²) in [7, 11) is 0. The molecular weight excluding hydrogens is 220 g/mol. The number of hydrogen-bond donors (Lipinski definition) is 2. The monoisotopic (exact) mass is 240 g/mol. The topological polar surface area (TPSA) is 27.8 Å². The van der Waals surface area contributed by atoms with E-state index in [9.17, 15) is 0 Å². The first-order valence-corrected chi connectivity index (χ1v) is 6.57. The van der Waals surface area contributed by atoms with Gasteiger partial charge in [0.25, 0.3) is 0 Å². The second kappa shape index (κ2) is 3.91. The van der Waals surface area contributed by atoms with Crippen molar-refractivity contribution >= 4 is 5.69 Å². The van der Waals surface area contributed by atoms with Crippen molar-refractivity contribution < 1.29 is 0 Å². The van der Waals surface area contributed by atoms with Crippen LogP contribution in [0, 0.1) is 5.41 Å². The van der Waals surface area contributed by atoms with Crippen molar-refractivity contribution in [2.45, 2.75) is 33.7 Å². The molecule has 1 aliphatic heterocycles. The van der Waals surface area contributed by atoms with Gasteiger partial charge in [-0.1, -0.05) is 39.0 Å². The molecule has 3 rings (SSSR count). The third kappa shape index (κ3) is 2.03. The van der Waals surface area contributed by atoms with Gasteiger partial charge in [-0.15, -0.1) is 0 Å². The molecule has 0 aliphatic carbocycles. The van der Waals surface area contributed by atoms with Crippen LogP contribution in [0.2, 0.25) is 0 Å². The quantitative estimate of drug-likeness (QED) is 0.768. The Morgan fingerprint density at radius 1 is 1.11 bits per heavy atom. The first-order valence-electron chi connectivity index (χ1n) is 6.57. The second-order valence-electron chi connectivity index (χ2n) is 6.32. The standard InChI is InChI=1S/C16H20N2/c1-16(2,3)9-11-8-13-12-6-4-5-7-14(12)17-10-15(13)18-11/h4-8,17-18H,9-10H2,1-3H3. The van der Waals surface area contributed by atoms with E-state index in [0.717, 1.165) is 13.0 Å². The predicted octanol–water partition coefficient (Wildman–Crippen LogP) is 4.20. The first kappa shape index (κ1) is 11.4. The number of hydrogen-bond acceptors (Lipinski definition) is 1. The zero-order chi connectivity index (χ0) is 12.8. The number of nitrogens with one attached hydrogen (secondary N) is 2. The number of aromatic nitrogens is 1. The number of rotatable bonds is 1. The molecule has 2 nitrogen and oxygen atoms in total. The molecule has 0 bridgehead atoms. The molecule has 0 fully saturated rings. The second-order valence-corrected chi connectivity index (χ2v) is 6.32. The first-order chi connectivity index (χ1) is 8.53. The van der Waals surface area contributed by atoms with E-state index in [1.807, 2.05) is 0 Å². The molecule has 0 unspecified atom stereocenters. The van der Waals surface area contributed by atoms with Crippen LogP contribution in [0.15, 0.2) is 30.3 Å². The number of H-pyrrole nitrogens is 1. The molecule has 1 aliphatic rings. The van der Waals surface area contributed by atoms with Gasteiger partial charge >= 0.3 is 0 Å². The lowest BCUT2D eigenvalue weighted by molar-refractivity contribution is 0.407. The Bertz CT molecular complexity index is 573. The van der Waals surface area contributed by atoms with Gasteiger partial charge in [-0.05, 0) is 24.0 Å². The molecule has 18 heavy (non-hydrogen) atoms. The van der Waals surface area contributed by atoms with Crippen LogP contribution in [-0.2, 0) is 13.0 Å². The molecule has 0 atom stereocenters. The summed E-state index contributed by atoms with van der Waals surface area (Å²) < 4.78 is 0. The number of benzene rings is 1. The SMILES string of the molecule is CC(C)(C)Cc1cc2c([nH]1)CNc1ccccc1-2. The van der Waals surface area contributed by atoms with Crippen LogP contribution < -0.4 is 5.32 Å². The summed E-state index contributed by atoms with van der Waals surface area (Å²) in [4.78, 5) is 3.57. The molecule has 2 heteroatoms. The highest BCUT2D eigenvalue weighted by Gasteiger charge is 2.20. The summed E-state index contributed by atoms with van der Waals surface area (Å²) in [5, 5.41) is 3.46. The van der Waals surface area contributed by atoms with Crippen LogP contribution in [0.1, 0.15) is 32.2 Å². The highest BCUT2D eigenvalue weighted by molar-refractivity contribution is 5.82. The Morgan fingerprint density at radius 2 is 1.89 bits per heavy atom. The zero-order valence-electron chi connectivity index (χ0n) is 11.3. The van der Waals surface area contributed by atoms with Gasteiger partial charge in [-0.25, -0.2) is 0 Å². The van der Waals surface area contributed by atoms with Crippen molar-refractivity contribution in [3.05, 3.63) is 41.7 Å². The molecule has 2 heterocycles. The largest absolute Gasteiger partial charge is 0.379 e. The Balaban J connectivity index is 2.02. The summed E-state index contributed by atoms with van der Waals surface area (Å²) in [6.07, 6.45) is 1.09. The van der Waals surface area contributed by atoms with Crippen LogP contribution in [0.4, 0.5) is 5.69 Å². The molecule has 0 radical (unpaired) electrons. The lowest BCUT2D eigenvalue weighted by Crippen LogP contribution is -2.10. The highest BCUT2D eigenvalue weighted by Crippen LogP contribution is 2.36. The van der Waals surface area contributed by atoms with Crippen LogP contribution in [0.3, 0.4) is 0 Å². The summed E-state index contributed by atoms with van der Waals surface area (Å²) in [6.45, 7) is 7.73. The molecule has 0 spiro atoms. The van der Waals surface area contributed by atoms with Crippen molar-refractivity contribution in [1.82, 2.24) is 4.98 Å².